The van der Waals surface area contributed by atoms with E-state index in [1.807, 2.05) is 37.3 Å². The van der Waals surface area contributed by atoms with Gasteiger partial charge in [0.2, 0.25) is 0 Å². The van der Waals surface area contributed by atoms with Crippen LogP contribution in [0.15, 0.2) is 42.1 Å². The molecule has 0 aliphatic rings. The standard InChI is InChI=1S/C17H23N5O2/c1-3-8-14(11-15(23)24-4-2)19-17-16(18)22(21-20-17)12-13-9-6-5-7-10-13/h5-7,9-11,19H,3-4,8,12,18H2,1-2H3/b14-11-. The minimum Gasteiger partial charge on any atom is -0.463 e. The van der Waals surface area contributed by atoms with Gasteiger partial charge in [-0.2, -0.15) is 0 Å². The maximum atomic E-state index is 11.6. The van der Waals surface area contributed by atoms with Crippen molar-refractivity contribution in [3.63, 3.8) is 0 Å². The molecule has 0 saturated heterocycles. The molecule has 3 N–H and O–H groups in total. The average Bonchev–Trinajstić information content (AvgIpc) is 2.89. The molecular formula is C17H23N5O2. The number of aromatic nitrogens is 3. The second-order valence-corrected chi connectivity index (χ2v) is 5.26. The molecule has 128 valence electrons. The van der Waals surface area contributed by atoms with Gasteiger partial charge in [0.05, 0.1) is 13.2 Å². The summed E-state index contributed by atoms with van der Waals surface area (Å²) in [4.78, 5) is 11.6. The van der Waals surface area contributed by atoms with E-state index in [2.05, 4.69) is 15.6 Å². The highest BCUT2D eigenvalue weighted by Crippen LogP contribution is 2.19. The van der Waals surface area contributed by atoms with Crippen LogP contribution in [-0.2, 0) is 16.1 Å². The van der Waals surface area contributed by atoms with Crippen molar-refractivity contribution in [1.29, 1.82) is 0 Å². The maximum absolute atomic E-state index is 11.6. The van der Waals surface area contributed by atoms with E-state index >= 15 is 0 Å². The van der Waals surface area contributed by atoms with Crippen LogP contribution in [0.3, 0.4) is 0 Å². The number of rotatable bonds is 8. The van der Waals surface area contributed by atoms with Crippen LogP contribution in [-0.4, -0.2) is 27.6 Å². The fraction of sp³-hybridized carbons (Fsp3) is 0.353. The average molecular weight is 329 g/mol. The van der Waals surface area contributed by atoms with Gasteiger partial charge < -0.3 is 15.8 Å². The van der Waals surface area contributed by atoms with Crippen molar-refractivity contribution in [2.45, 2.75) is 33.2 Å². The normalized spacial score (nSPS) is 11.3. The number of hydrogen-bond donors (Lipinski definition) is 2. The molecule has 0 atom stereocenters. The fourth-order valence-electron chi connectivity index (χ4n) is 2.20. The molecule has 7 heteroatoms. The molecule has 0 fully saturated rings. The van der Waals surface area contributed by atoms with Crippen molar-refractivity contribution in [3.05, 3.63) is 47.7 Å². The summed E-state index contributed by atoms with van der Waals surface area (Å²) in [6.45, 7) is 4.66. The Morgan fingerprint density at radius 2 is 2.08 bits per heavy atom. The molecule has 0 aliphatic carbocycles. The molecule has 0 unspecified atom stereocenters. The Morgan fingerprint density at radius 3 is 2.75 bits per heavy atom. The van der Waals surface area contributed by atoms with E-state index in [1.165, 1.54) is 6.08 Å². The Labute approximate surface area is 141 Å². The first-order valence-electron chi connectivity index (χ1n) is 8.01. The van der Waals surface area contributed by atoms with Gasteiger partial charge in [0.25, 0.3) is 0 Å². The Kier molecular flexibility index (Phi) is 6.36. The first kappa shape index (κ1) is 17.5. The van der Waals surface area contributed by atoms with E-state index in [9.17, 15) is 4.79 Å². The summed E-state index contributed by atoms with van der Waals surface area (Å²) in [7, 11) is 0. The lowest BCUT2D eigenvalue weighted by molar-refractivity contribution is -0.137. The van der Waals surface area contributed by atoms with Gasteiger partial charge in [-0.3, -0.25) is 0 Å². The van der Waals surface area contributed by atoms with E-state index < -0.39 is 0 Å². The molecule has 1 heterocycles. The third-order valence-electron chi connectivity index (χ3n) is 3.33. The van der Waals surface area contributed by atoms with Crippen molar-refractivity contribution in [3.8, 4) is 0 Å². The van der Waals surface area contributed by atoms with Crippen LogP contribution in [0, 0.1) is 0 Å². The van der Waals surface area contributed by atoms with Gasteiger partial charge in [-0.15, -0.1) is 5.10 Å². The van der Waals surface area contributed by atoms with Crippen LogP contribution in [0.5, 0.6) is 0 Å². The van der Waals surface area contributed by atoms with Crippen molar-refractivity contribution < 1.29 is 9.53 Å². The summed E-state index contributed by atoms with van der Waals surface area (Å²) in [5, 5.41) is 11.2. The number of ether oxygens (including phenoxy) is 1. The third-order valence-corrected chi connectivity index (χ3v) is 3.33. The molecule has 0 radical (unpaired) electrons. The Hall–Kier alpha value is -2.83. The molecule has 7 nitrogen and oxygen atoms in total. The molecule has 0 aliphatic heterocycles. The fourth-order valence-corrected chi connectivity index (χ4v) is 2.20. The van der Waals surface area contributed by atoms with Crippen LogP contribution < -0.4 is 11.1 Å². The molecule has 0 amide bonds. The summed E-state index contributed by atoms with van der Waals surface area (Å²) < 4.78 is 6.56. The highest BCUT2D eigenvalue weighted by atomic mass is 16.5. The highest BCUT2D eigenvalue weighted by molar-refractivity contribution is 5.83. The molecule has 0 spiro atoms. The molecule has 2 aromatic rings. The molecule has 0 saturated carbocycles. The van der Waals surface area contributed by atoms with Crippen LogP contribution in [0.4, 0.5) is 11.6 Å². The number of esters is 1. The first-order valence-corrected chi connectivity index (χ1v) is 8.01. The number of allylic oxidation sites excluding steroid dienone is 1. The molecule has 2 rings (SSSR count). The number of carbonyl (C=O) groups is 1. The third kappa shape index (κ3) is 4.84. The van der Waals surface area contributed by atoms with Crippen molar-refractivity contribution >= 4 is 17.6 Å². The summed E-state index contributed by atoms with van der Waals surface area (Å²) in [6, 6.07) is 9.87. The lowest BCUT2D eigenvalue weighted by Crippen LogP contribution is -2.09. The summed E-state index contributed by atoms with van der Waals surface area (Å²) >= 11 is 0. The van der Waals surface area contributed by atoms with Crippen molar-refractivity contribution in [2.75, 3.05) is 17.7 Å². The molecule has 1 aromatic heterocycles. The van der Waals surface area contributed by atoms with E-state index in [-0.39, 0.29) is 5.97 Å². The minimum atomic E-state index is -0.385. The minimum absolute atomic E-state index is 0.337. The zero-order valence-corrected chi connectivity index (χ0v) is 14.0. The van der Waals surface area contributed by atoms with Crippen molar-refractivity contribution in [2.24, 2.45) is 0 Å². The van der Waals surface area contributed by atoms with Gasteiger partial charge in [-0.05, 0) is 18.9 Å². The van der Waals surface area contributed by atoms with E-state index in [0.29, 0.717) is 36.9 Å². The van der Waals surface area contributed by atoms with Gasteiger partial charge >= 0.3 is 5.97 Å². The second-order valence-electron chi connectivity index (χ2n) is 5.26. The number of benzene rings is 1. The van der Waals surface area contributed by atoms with Crippen molar-refractivity contribution in [1.82, 2.24) is 15.0 Å². The topological polar surface area (TPSA) is 95.1 Å². The van der Waals surface area contributed by atoms with E-state index in [4.69, 9.17) is 10.5 Å². The number of hydrogen-bond acceptors (Lipinski definition) is 6. The molecule has 24 heavy (non-hydrogen) atoms. The Bertz CT molecular complexity index is 694. The Balaban J connectivity index is 2.12. The maximum Gasteiger partial charge on any atom is 0.332 e. The number of carbonyl (C=O) groups excluding carboxylic acids is 1. The Morgan fingerprint density at radius 1 is 1.33 bits per heavy atom. The van der Waals surface area contributed by atoms with Gasteiger partial charge in [0, 0.05) is 11.8 Å². The number of nitrogens with two attached hydrogens (primary N) is 1. The quantitative estimate of drug-likeness (QED) is 0.571. The molecule has 0 bridgehead atoms. The largest absolute Gasteiger partial charge is 0.463 e. The zero-order chi connectivity index (χ0) is 17.4. The van der Waals surface area contributed by atoms with Crippen LogP contribution in [0.1, 0.15) is 32.3 Å². The zero-order valence-electron chi connectivity index (χ0n) is 14.0. The van der Waals surface area contributed by atoms with Gasteiger partial charge in [0.15, 0.2) is 11.6 Å². The first-order chi connectivity index (χ1) is 11.6. The smallest absolute Gasteiger partial charge is 0.332 e. The van der Waals surface area contributed by atoms with E-state index in [0.717, 1.165) is 12.0 Å². The van der Waals surface area contributed by atoms with Gasteiger partial charge in [-0.1, -0.05) is 48.9 Å². The van der Waals surface area contributed by atoms with E-state index in [1.54, 1.807) is 11.6 Å². The highest BCUT2D eigenvalue weighted by Gasteiger charge is 2.12. The summed E-state index contributed by atoms with van der Waals surface area (Å²) in [6.07, 6.45) is 2.99. The molecule has 1 aromatic carbocycles. The van der Waals surface area contributed by atoms with Crippen LogP contribution in [0.25, 0.3) is 0 Å². The number of nitrogens with zero attached hydrogens (tertiary/aromatic N) is 3. The SMILES string of the molecule is CCC/C(=C/C(=O)OCC)Nc1nnn(Cc2ccccc2)c1N. The van der Waals surface area contributed by atoms with Gasteiger partial charge in [-0.25, -0.2) is 9.48 Å². The van der Waals surface area contributed by atoms with Crippen LogP contribution in [0.2, 0.25) is 0 Å². The lowest BCUT2D eigenvalue weighted by Gasteiger charge is -2.09. The lowest BCUT2D eigenvalue weighted by atomic mass is 10.2. The predicted molar refractivity (Wildman–Crippen MR) is 93.2 cm³/mol. The monoisotopic (exact) mass is 329 g/mol. The number of nitrogens with one attached hydrogen (secondary N) is 1. The summed E-state index contributed by atoms with van der Waals surface area (Å²) in [5.41, 5.74) is 7.90. The second kappa shape index (κ2) is 8.71. The predicted octanol–water partition coefficient (Wildman–Crippen LogP) is 2.57. The number of nitrogen functional groups attached to an aromatic ring is 1. The molecular weight excluding hydrogens is 306 g/mol. The number of anilines is 2. The van der Waals surface area contributed by atoms with Crippen LogP contribution >= 0.6 is 0 Å². The van der Waals surface area contributed by atoms with Gasteiger partial charge in [0.1, 0.15) is 0 Å². The summed E-state index contributed by atoms with van der Waals surface area (Å²) in [5.74, 6) is 0.475.